The van der Waals surface area contributed by atoms with Crippen LogP contribution in [0.15, 0.2) is 48.5 Å². The summed E-state index contributed by atoms with van der Waals surface area (Å²) < 4.78 is 5.58. The first-order valence-electron chi connectivity index (χ1n) is 7.23. The standard InChI is InChI=1S/C18H23NO/c1-3-11-20-17-9-7-16(8-10-17)18(19)13-15-6-4-5-14(2)12-15/h4-10,12,18H,3,11,13,19H2,1-2H3. The van der Waals surface area contributed by atoms with Crippen LogP contribution in [0.4, 0.5) is 0 Å². The summed E-state index contributed by atoms with van der Waals surface area (Å²) in [4.78, 5) is 0. The molecule has 1 atom stereocenters. The summed E-state index contributed by atoms with van der Waals surface area (Å²) in [5, 5.41) is 0. The first kappa shape index (κ1) is 14.6. The minimum absolute atomic E-state index is 0.0250. The fourth-order valence-corrected chi connectivity index (χ4v) is 2.24. The largest absolute Gasteiger partial charge is 0.494 e. The molecule has 0 heterocycles. The zero-order valence-electron chi connectivity index (χ0n) is 12.3. The van der Waals surface area contributed by atoms with Crippen molar-refractivity contribution in [1.29, 1.82) is 0 Å². The zero-order chi connectivity index (χ0) is 14.4. The summed E-state index contributed by atoms with van der Waals surface area (Å²) in [7, 11) is 0. The number of nitrogens with two attached hydrogens (primary N) is 1. The average molecular weight is 269 g/mol. The third-order valence-electron chi connectivity index (χ3n) is 3.32. The van der Waals surface area contributed by atoms with Crippen LogP contribution in [0.2, 0.25) is 0 Å². The Labute approximate surface area is 121 Å². The molecular formula is C18H23NO. The summed E-state index contributed by atoms with van der Waals surface area (Å²) in [5.41, 5.74) is 9.99. The van der Waals surface area contributed by atoms with E-state index in [-0.39, 0.29) is 6.04 Å². The quantitative estimate of drug-likeness (QED) is 0.859. The topological polar surface area (TPSA) is 35.2 Å². The molecule has 20 heavy (non-hydrogen) atoms. The van der Waals surface area contributed by atoms with Gasteiger partial charge in [0.15, 0.2) is 0 Å². The van der Waals surface area contributed by atoms with E-state index < -0.39 is 0 Å². The molecule has 0 aliphatic rings. The summed E-state index contributed by atoms with van der Waals surface area (Å²) in [6, 6.07) is 16.7. The predicted octanol–water partition coefficient (Wildman–Crippen LogP) is 4.03. The van der Waals surface area contributed by atoms with Crippen LogP contribution in [-0.4, -0.2) is 6.61 Å². The first-order valence-corrected chi connectivity index (χ1v) is 7.23. The van der Waals surface area contributed by atoms with Crippen LogP contribution in [0.1, 0.15) is 36.1 Å². The molecule has 0 aliphatic heterocycles. The molecule has 2 nitrogen and oxygen atoms in total. The van der Waals surface area contributed by atoms with E-state index in [1.165, 1.54) is 11.1 Å². The van der Waals surface area contributed by atoms with Crippen LogP contribution in [-0.2, 0) is 6.42 Å². The Bertz CT molecular complexity index is 533. The number of ether oxygens (including phenoxy) is 1. The molecule has 2 heteroatoms. The van der Waals surface area contributed by atoms with E-state index in [4.69, 9.17) is 10.5 Å². The van der Waals surface area contributed by atoms with Gasteiger partial charge in [0.05, 0.1) is 6.61 Å². The number of rotatable bonds is 6. The highest BCUT2D eigenvalue weighted by atomic mass is 16.5. The minimum atomic E-state index is 0.0250. The van der Waals surface area contributed by atoms with Crippen LogP contribution >= 0.6 is 0 Å². The van der Waals surface area contributed by atoms with Gasteiger partial charge in [0, 0.05) is 6.04 Å². The van der Waals surface area contributed by atoms with E-state index >= 15 is 0 Å². The molecule has 2 aromatic rings. The van der Waals surface area contributed by atoms with Gasteiger partial charge in [-0.15, -0.1) is 0 Å². The molecule has 2 aromatic carbocycles. The summed E-state index contributed by atoms with van der Waals surface area (Å²) in [6.07, 6.45) is 1.88. The molecule has 0 radical (unpaired) electrons. The van der Waals surface area contributed by atoms with Gasteiger partial charge in [-0.1, -0.05) is 48.9 Å². The highest BCUT2D eigenvalue weighted by Crippen LogP contribution is 2.20. The highest BCUT2D eigenvalue weighted by molar-refractivity contribution is 5.31. The van der Waals surface area contributed by atoms with Gasteiger partial charge < -0.3 is 10.5 Å². The normalized spacial score (nSPS) is 12.2. The minimum Gasteiger partial charge on any atom is -0.494 e. The summed E-state index contributed by atoms with van der Waals surface area (Å²) in [6.45, 7) is 4.97. The predicted molar refractivity (Wildman–Crippen MR) is 84.0 cm³/mol. The Morgan fingerprint density at radius 3 is 2.50 bits per heavy atom. The lowest BCUT2D eigenvalue weighted by Gasteiger charge is -2.13. The fourth-order valence-electron chi connectivity index (χ4n) is 2.24. The van der Waals surface area contributed by atoms with Crippen LogP contribution in [0.3, 0.4) is 0 Å². The molecular weight excluding hydrogens is 246 g/mol. The maximum atomic E-state index is 6.29. The SMILES string of the molecule is CCCOc1ccc(C(N)Cc2cccc(C)c2)cc1. The monoisotopic (exact) mass is 269 g/mol. The second-order valence-corrected chi connectivity index (χ2v) is 5.22. The molecule has 0 bridgehead atoms. The number of aryl methyl sites for hydroxylation is 1. The van der Waals surface area contributed by atoms with Crippen molar-refractivity contribution in [2.24, 2.45) is 5.73 Å². The van der Waals surface area contributed by atoms with Crippen molar-refractivity contribution in [2.45, 2.75) is 32.7 Å². The zero-order valence-corrected chi connectivity index (χ0v) is 12.3. The van der Waals surface area contributed by atoms with Crippen LogP contribution < -0.4 is 10.5 Å². The molecule has 0 saturated heterocycles. The van der Waals surface area contributed by atoms with E-state index in [9.17, 15) is 0 Å². The lowest BCUT2D eigenvalue weighted by molar-refractivity contribution is 0.317. The van der Waals surface area contributed by atoms with Crippen molar-refractivity contribution < 1.29 is 4.74 Å². The van der Waals surface area contributed by atoms with E-state index in [1.54, 1.807) is 0 Å². The number of hydrogen-bond donors (Lipinski definition) is 1. The molecule has 0 saturated carbocycles. The Kier molecular flexibility index (Phi) is 5.19. The average Bonchev–Trinajstić information content (AvgIpc) is 2.45. The fraction of sp³-hybridized carbons (Fsp3) is 0.333. The molecule has 0 spiro atoms. The maximum absolute atomic E-state index is 6.29. The van der Waals surface area contributed by atoms with Crippen molar-refractivity contribution in [1.82, 2.24) is 0 Å². The smallest absolute Gasteiger partial charge is 0.119 e. The lowest BCUT2D eigenvalue weighted by Crippen LogP contribution is -2.13. The number of hydrogen-bond acceptors (Lipinski definition) is 2. The van der Waals surface area contributed by atoms with Gasteiger partial charge in [0.25, 0.3) is 0 Å². The molecule has 106 valence electrons. The second kappa shape index (κ2) is 7.11. The Morgan fingerprint density at radius 2 is 1.85 bits per heavy atom. The molecule has 0 amide bonds. The van der Waals surface area contributed by atoms with E-state index in [0.717, 1.165) is 30.8 Å². The Balaban J connectivity index is 2.00. The van der Waals surface area contributed by atoms with Crippen LogP contribution in [0.5, 0.6) is 5.75 Å². The van der Waals surface area contributed by atoms with Crippen molar-refractivity contribution >= 4 is 0 Å². The third kappa shape index (κ3) is 4.10. The Morgan fingerprint density at radius 1 is 1.10 bits per heavy atom. The first-order chi connectivity index (χ1) is 9.69. The van der Waals surface area contributed by atoms with E-state index in [0.29, 0.717) is 0 Å². The van der Waals surface area contributed by atoms with Gasteiger partial charge in [0.2, 0.25) is 0 Å². The molecule has 0 fully saturated rings. The molecule has 0 aliphatic carbocycles. The van der Waals surface area contributed by atoms with E-state index in [2.05, 4.69) is 50.2 Å². The van der Waals surface area contributed by atoms with Gasteiger partial charge in [-0.3, -0.25) is 0 Å². The van der Waals surface area contributed by atoms with Crippen LogP contribution in [0, 0.1) is 6.92 Å². The summed E-state index contributed by atoms with van der Waals surface area (Å²) >= 11 is 0. The number of benzene rings is 2. The maximum Gasteiger partial charge on any atom is 0.119 e. The Hall–Kier alpha value is -1.80. The van der Waals surface area contributed by atoms with Crippen molar-refractivity contribution in [3.8, 4) is 5.75 Å². The second-order valence-electron chi connectivity index (χ2n) is 5.22. The molecule has 1 unspecified atom stereocenters. The van der Waals surface area contributed by atoms with Crippen LogP contribution in [0.25, 0.3) is 0 Å². The molecule has 2 rings (SSSR count). The highest BCUT2D eigenvalue weighted by Gasteiger charge is 2.07. The molecule has 2 N–H and O–H groups in total. The molecule has 0 aromatic heterocycles. The van der Waals surface area contributed by atoms with Crippen molar-refractivity contribution in [2.75, 3.05) is 6.61 Å². The van der Waals surface area contributed by atoms with Gasteiger partial charge in [-0.2, -0.15) is 0 Å². The van der Waals surface area contributed by atoms with Gasteiger partial charge >= 0.3 is 0 Å². The third-order valence-corrected chi connectivity index (χ3v) is 3.32. The van der Waals surface area contributed by atoms with Gasteiger partial charge in [-0.25, -0.2) is 0 Å². The van der Waals surface area contributed by atoms with Gasteiger partial charge in [-0.05, 0) is 43.0 Å². The summed E-state index contributed by atoms with van der Waals surface area (Å²) in [5.74, 6) is 0.915. The van der Waals surface area contributed by atoms with Crippen molar-refractivity contribution in [3.63, 3.8) is 0 Å². The van der Waals surface area contributed by atoms with E-state index in [1.807, 2.05) is 12.1 Å². The van der Waals surface area contributed by atoms with Gasteiger partial charge in [0.1, 0.15) is 5.75 Å². The lowest BCUT2D eigenvalue weighted by atomic mass is 9.99. The van der Waals surface area contributed by atoms with Crippen molar-refractivity contribution in [3.05, 3.63) is 65.2 Å².